The normalized spacial score (nSPS) is 20.8. The van der Waals surface area contributed by atoms with Crippen molar-refractivity contribution in [2.75, 3.05) is 11.9 Å². The molecule has 0 spiro atoms. The maximum absolute atomic E-state index is 12.8. The average molecular weight is 548 g/mol. The third-order valence-electron chi connectivity index (χ3n) is 6.36. The predicted octanol–water partition coefficient (Wildman–Crippen LogP) is 4.19. The fourth-order valence-electron chi connectivity index (χ4n) is 4.49. The van der Waals surface area contributed by atoms with E-state index < -0.39 is 41.1 Å². The Morgan fingerprint density at radius 3 is 2.59 bits per heavy atom. The topological polar surface area (TPSA) is 142 Å². The number of aliphatic hydroxyl groups is 1. The summed E-state index contributed by atoms with van der Waals surface area (Å²) in [5.41, 5.74) is -1.78. The van der Waals surface area contributed by atoms with Gasteiger partial charge < -0.3 is 24.9 Å². The van der Waals surface area contributed by atoms with Crippen LogP contribution in [-0.4, -0.2) is 50.3 Å². The maximum Gasteiger partial charge on any atom is 0.418 e. The third kappa shape index (κ3) is 5.91. The molecule has 208 valence electrons. The number of aliphatic hydroxyl groups excluding tert-OH is 1. The van der Waals surface area contributed by atoms with Crippen molar-refractivity contribution in [3.8, 4) is 6.07 Å². The van der Waals surface area contributed by atoms with Gasteiger partial charge in [0.1, 0.15) is 11.0 Å². The van der Waals surface area contributed by atoms with Crippen LogP contribution in [0.3, 0.4) is 0 Å². The number of rotatable bonds is 6. The Bertz CT molecular complexity index is 1440. The molecule has 0 bridgehead atoms. The molecular formula is C26H28F3N5O5. The zero-order valence-corrected chi connectivity index (χ0v) is 21.5. The van der Waals surface area contributed by atoms with Gasteiger partial charge in [-0.25, -0.2) is 4.79 Å². The van der Waals surface area contributed by atoms with Crippen molar-refractivity contribution in [2.45, 2.75) is 69.6 Å². The van der Waals surface area contributed by atoms with Crippen molar-refractivity contribution >= 4 is 28.4 Å². The van der Waals surface area contributed by atoms with Crippen LogP contribution in [0, 0.1) is 11.3 Å². The van der Waals surface area contributed by atoms with E-state index in [1.54, 1.807) is 26.8 Å². The molecule has 10 nitrogen and oxygen atoms in total. The number of nitriles is 1. The minimum Gasteiger partial charge on any atom is -0.458 e. The number of halogens is 3. The Morgan fingerprint density at radius 1 is 1.33 bits per heavy atom. The molecule has 1 aliphatic heterocycles. The van der Waals surface area contributed by atoms with Crippen LogP contribution in [-0.2, 0) is 19.8 Å². The van der Waals surface area contributed by atoms with Crippen LogP contribution in [0.25, 0.3) is 10.9 Å². The van der Waals surface area contributed by atoms with Crippen LogP contribution in [0.1, 0.15) is 51.7 Å². The molecule has 0 amide bonds. The molecule has 1 aromatic carbocycles. The van der Waals surface area contributed by atoms with Gasteiger partial charge in [-0.2, -0.15) is 23.5 Å². The largest absolute Gasteiger partial charge is 0.458 e. The molecule has 0 saturated carbocycles. The lowest BCUT2D eigenvalue weighted by Crippen LogP contribution is -2.47. The molecule has 4 rings (SSSR count). The summed E-state index contributed by atoms with van der Waals surface area (Å²) < 4.78 is 51.4. The number of nitrogens with one attached hydrogen (secondary N) is 2. The van der Waals surface area contributed by atoms with Gasteiger partial charge in [0.05, 0.1) is 30.2 Å². The lowest BCUT2D eigenvalue weighted by Gasteiger charge is -2.39. The first-order valence-corrected chi connectivity index (χ1v) is 12.2. The quantitative estimate of drug-likeness (QED) is 0.390. The fourth-order valence-corrected chi connectivity index (χ4v) is 4.49. The van der Waals surface area contributed by atoms with Crippen LogP contribution < -0.4 is 10.9 Å². The van der Waals surface area contributed by atoms with Crippen molar-refractivity contribution in [3.63, 3.8) is 0 Å². The number of H-pyrrole nitrogens is 1. The number of benzene rings is 1. The number of fused-ring (bicyclic) bond motifs is 1. The van der Waals surface area contributed by atoms with Gasteiger partial charge in [0, 0.05) is 11.9 Å². The van der Waals surface area contributed by atoms with Crippen molar-refractivity contribution in [3.05, 3.63) is 52.4 Å². The Labute approximate surface area is 221 Å². The van der Waals surface area contributed by atoms with Gasteiger partial charge in [-0.1, -0.05) is 12.1 Å². The fraction of sp³-hybridized carbons (Fsp3) is 0.462. The zero-order valence-electron chi connectivity index (χ0n) is 21.5. The summed E-state index contributed by atoms with van der Waals surface area (Å²) in [5, 5.41) is 26.8. The molecule has 0 aliphatic carbocycles. The smallest absolute Gasteiger partial charge is 0.418 e. The number of esters is 1. The van der Waals surface area contributed by atoms with Crippen LogP contribution in [0.2, 0.25) is 0 Å². The molecule has 1 aliphatic rings. The second-order valence-electron chi connectivity index (χ2n) is 10.4. The highest BCUT2D eigenvalue weighted by Gasteiger charge is 2.43. The highest BCUT2D eigenvalue weighted by molar-refractivity contribution is 5.91. The number of alkyl halides is 3. The molecule has 3 heterocycles. The third-order valence-corrected chi connectivity index (χ3v) is 6.36. The number of carbonyl (C=O) groups excluding carboxylic acids is 1. The van der Waals surface area contributed by atoms with Crippen molar-refractivity contribution in [1.82, 2.24) is 14.8 Å². The molecule has 39 heavy (non-hydrogen) atoms. The van der Waals surface area contributed by atoms with E-state index in [4.69, 9.17) is 9.47 Å². The minimum absolute atomic E-state index is 0.0267. The van der Waals surface area contributed by atoms with E-state index >= 15 is 0 Å². The first kappa shape index (κ1) is 28.1. The number of aromatic amines is 1. The van der Waals surface area contributed by atoms with E-state index in [1.165, 1.54) is 23.0 Å². The minimum atomic E-state index is -4.81. The highest BCUT2D eigenvalue weighted by atomic mass is 19.4. The summed E-state index contributed by atoms with van der Waals surface area (Å²) in [7, 11) is 0. The van der Waals surface area contributed by atoms with Crippen molar-refractivity contribution in [1.29, 1.82) is 5.26 Å². The first-order chi connectivity index (χ1) is 18.2. The Hall–Kier alpha value is -3.89. The number of nitrogens with zero attached hydrogens (tertiary/aromatic N) is 3. The van der Waals surface area contributed by atoms with Gasteiger partial charge in [-0.05, 0) is 57.4 Å². The number of carbonyl (C=O) groups is 1. The lowest BCUT2D eigenvalue weighted by atomic mass is 9.87. The van der Waals surface area contributed by atoms with Gasteiger partial charge in [-0.15, -0.1) is 0 Å². The van der Waals surface area contributed by atoms with Gasteiger partial charge >= 0.3 is 12.1 Å². The Balaban J connectivity index is 1.66. The number of anilines is 2. The van der Waals surface area contributed by atoms with Crippen molar-refractivity contribution < 1.29 is 32.5 Å². The molecule has 3 atom stereocenters. The molecule has 0 unspecified atom stereocenters. The van der Waals surface area contributed by atoms with Gasteiger partial charge in [0.2, 0.25) is 0 Å². The molecule has 2 aromatic heterocycles. The first-order valence-electron chi connectivity index (χ1n) is 12.2. The number of hydrogen-bond donors (Lipinski definition) is 3. The Morgan fingerprint density at radius 2 is 2.03 bits per heavy atom. The summed E-state index contributed by atoms with van der Waals surface area (Å²) in [5.74, 6) is -0.390. The summed E-state index contributed by atoms with van der Waals surface area (Å²) in [6, 6.07) is 8.66. The van der Waals surface area contributed by atoms with Gasteiger partial charge in [0.15, 0.2) is 18.0 Å². The van der Waals surface area contributed by atoms with E-state index in [-0.39, 0.29) is 36.2 Å². The summed E-state index contributed by atoms with van der Waals surface area (Å²) in [6.45, 7) is 5.21. The van der Waals surface area contributed by atoms with E-state index in [0.717, 1.165) is 12.1 Å². The Kier molecular flexibility index (Phi) is 7.46. The SMILES string of the molecule is CC(C)(C)OC(=O)[C@@H]1CC[C@@](CC#N)(n2nc(Nc3ccc([C@@H](O)C(F)(F)F)cc3)c3c(=O)[nH]ccc32)CO1. The van der Waals surface area contributed by atoms with E-state index in [0.29, 0.717) is 17.6 Å². The van der Waals surface area contributed by atoms with Gasteiger partial charge in [-0.3, -0.25) is 9.48 Å². The lowest BCUT2D eigenvalue weighted by molar-refractivity contribution is -0.206. The summed E-state index contributed by atoms with van der Waals surface area (Å²) >= 11 is 0. The van der Waals surface area contributed by atoms with Gasteiger partial charge in [0.25, 0.3) is 5.56 Å². The number of hydrogen-bond acceptors (Lipinski definition) is 8. The monoisotopic (exact) mass is 547 g/mol. The predicted molar refractivity (Wildman–Crippen MR) is 134 cm³/mol. The van der Waals surface area contributed by atoms with Crippen LogP contribution in [0.4, 0.5) is 24.7 Å². The molecular weight excluding hydrogens is 519 g/mol. The second-order valence-corrected chi connectivity index (χ2v) is 10.4. The van der Waals surface area contributed by atoms with E-state index in [1.807, 2.05) is 0 Å². The zero-order chi connectivity index (χ0) is 28.6. The molecule has 3 aromatic rings. The second kappa shape index (κ2) is 10.3. The number of pyridine rings is 1. The van der Waals surface area contributed by atoms with E-state index in [9.17, 15) is 33.1 Å². The molecule has 13 heteroatoms. The van der Waals surface area contributed by atoms with Crippen LogP contribution >= 0.6 is 0 Å². The maximum atomic E-state index is 12.8. The van der Waals surface area contributed by atoms with Crippen molar-refractivity contribution in [2.24, 2.45) is 0 Å². The summed E-state index contributed by atoms with van der Waals surface area (Å²) in [4.78, 5) is 27.9. The molecule has 0 radical (unpaired) electrons. The number of ether oxygens (including phenoxy) is 2. The molecule has 1 saturated heterocycles. The summed E-state index contributed by atoms with van der Waals surface area (Å²) in [6.07, 6.45) is -6.25. The van der Waals surface area contributed by atoms with Crippen LogP contribution in [0.5, 0.6) is 0 Å². The standard InChI is InChI=1S/C26H28F3N5O5/c1-24(2,3)39-23(37)18-8-10-25(11-12-30,14-38-18)34-17-9-13-31-22(36)19(17)21(33-34)32-16-6-4-15(5-7-16)20(35)26(27,28)29/h4-7,9,13,18,20,35H,8,10-11,14H2,1-3H3,(H,31,36)(H,32,33)/t18-,20+,25-/m0/s1. The number of aromatic nitrogens is 3. The van der Waals surface area contributed by atoms with Crippen LogP contribution in [0.15, 0.2) is 41.3 Å². The molecule has 3 N–H and O–H groups in total. The average Bonchev–Trinajstić information content (AvgIpc) is 3.23. The molecule has 1 fully saturated rings. The highest BCUT2D eigenvalue weighted by Crippen LogP contribution is 2.38. The van der Waals surface area contributed by atoms with E-state index in [2.05, 4.69) is 21.5 Å².